The molecular weight excluding hydrogens is 432 g/mol. The molecule has 0 amide bonds. The van der Waals surface area contributed by atoms with Gasteiger partial charge in [-0.25, -0.2) is 33.9 Å². The van der Waals surface area contributed by atoms with Gasteiger partial charge in [0.1, 0.15) is 0 Å². The highest BCUT2D eigenvalue weighted by Crippen LogP contribution is 2.40. The van der Waals surface area contributed by atoms with E-state index in [4.69, 9.17) is 0 Å². The van der Waals surface area contributed by atoms with Crippen LogP contribution in [0.15, 0.2) is 0 Å². The lowest BCUT2D eigenvalue weighted by Crippen LogP contribution is -2.60. The highest BCUT2D eigenvalue weighted by atomic mass is 32.3. The standard InChI is InChI=1S/C7H13F6N3O6S3/c1-14(2)23(17,18)5(24(19,20)15(3)4)25(21,22)16(6(8,9)10)7(11,12)13/h5H,1-4H3. The zero-order valence-electron chi connectivity index (χ0n) is 12.9. The molecule has 0 fully saturated rings. The fourth-order valence-electron chi connectivity index (χ4n) is 1.32. The number of alkyl halides is 6. The Morgan fingerprint density at radius 1 is 0.600 bits per heavy atom. The van der Waals surface area contributed by atoms with Gasteiger partial charge in [0.05, 0.1) is 0 Å². The molecule has 0 atom stereocenters. The van der Waals surface area contributed by atoms with Crippen molar-refractivity contribution in [3.05, 3.63) is 0 Å². The predicted molar refractivity (Wildman–Crippen MR) is 71.9 cm³/mol. The summed E-state index contributed by atoms with van der Waals surface area (Å²) in [7, 11) is -16.3. The van der Waals surface area contributed by atoms with Crippen LogP contribution in [0.1, 0.15) is 0 Å². The summed E-state index contributed by atoms with van der Waals surface area (Å²) in [4.78, 5) is 0. The first-order valence-electron chi connectivity index (χ1n) is 5.62. The summed E-state index contributed by atoms with van der Waals surface area (Å²) in [5, 5.41) is 0. The van der Waals surface area contributed by atoms with Crippen LogP contribution in [0.3, 0.4) is 0 Å². The zero-order chi connectivity index (χ0) is 20.8. The van der Waals surface area contributed by atoms with Crippen molar-refractivity contribution in [2.45, 2.75) is 16.5 Å². The maximum absolute atomic E-state index is 12.7. The Balaban J connectivity index is 7.09. The Kier molecular flexibility index (Phi) is 6.61. The number of hydrogen-bond donors (Lipinski definition) is 0. The first-order valence-corrected chi connectivity index (χ1v) is 10.1. The van der Waals surface area contributed by atoms with Gasteiger partial charge < -0.3 is 0 Å². The summed E-state index contributed by atoms with van der Waals surface area (Å²) >= 11 is 0. The van der Waals surface area contributed by atoms with Gasteiger partial charge in [-0.3, -0.25) is 0 Å². The molecule has 0 unspecified atom stereocenters. The molecule has 152 valence electrons. The van der Waals surface area contributed by atoms with Crippen molar-refractivity contribution in [3.8, 4) is 0 Å². The Morgan fingerprint density at radius 3 is 1.00 bits per heavy atom. The average molecular weight is 445 g/mol. The van der Waals surface area contributed by atoms with Crippen molar-refractivity contribution in [1.82, 2.24) is 12.9 Å². The fourth-order valence-corrected chi connectivity index (χ4v) is 9.03. The van der Waals surface area contributed by atoms with Crippen LogP contribution >= 0.6 is 0 Å². The lowest BCUT2D eigenvalue weighted by Gasteiger charge is -2.31. The molecule has 0 heterocycles. The summed E-state index contributed by atoms with van der Waals surface area (Å²) in [5.41, 5.74) is 0. The van der Waals surface area contributed by atoms with Crippen LogP contribution in [0.25, 0.3) is 0 Å². The highest BCUT2D eigenvalue weighted by Gasteiger charge is 2.67. The second-order valence-electron chi connectivity index (χ2n) is 4.69. The molecule has 0 saturated carbocycles. The van der Waals surface area contributed by atoms with Gasteiger partial charge in [0.15, 0.2) is 0 Å². The molecule has 0 aromatic rings. The van der Waals surface area contributed by atoms with Gasteiger partial charge in [0.2, 0.25) is 20.0 Å². The van der Waals surface area contributed by atoms with Crippen molar-refractivity contribution in [3.63, 3.8) is 0 Å². The van der Waals surface area contributed by atoms with E-state index in [2.05, 4.69) is 0 Å². The maximum atomic E-state index is 12.7. The minimum absolute atomic E-state index is 0.124. The van der Waals surface area contributed by atoms with Gasteiger partial charge in [-0.2, -0.15) is 26.3 Å². The SMILES string of the molecule is CN(C)S(=O)(=O)C(S(=O)(=O)N(C)C)S(=O)(=O)N(C(F)(F)F)C(F)(F)F. The number of hydrogen-bond acceptors (Lipinski definition) is 6. The van der Waals surface area contributed by atoms with Crippen LogP contribution in [-0.4, -0.2) is 82.9 Å². The van der Waals surface area contributed by atoms with E-state index in [0.717, 1.165) is 0 Å². The molecule has 25 heavy (non-hydrogen) atoms. The van der Waals surface area contributed by atoms with Crippen LogP contribution in [0, 0.1) is 0 Å². The Labute approximate surface area is 139 Å². The Bertz CT molecular complexity index is 746. The molecular formula is C7H13F6N3O6S3. The normalized spacial score (nSPS) is 15.6. The third-order valence-electron chi connectivity index (χ3n) is 2.46. The van der Waals surface area contributed by atoms with E-state index < -0.39 is 50.9 Å². The molecule has 0 aliphatic rings. The maximum Gasteiger partial charge on any atom is 0.480 e. The van der Waals surface area contributed by atoms with Crippen molar-refractivity contribution in [2.75, 3.05) is 28.2 Å². The summed E-state index contributed by atoms with van der Waals surface area (Å²) in [6, 6.07) is 0. The molecule has 0 radical (unpaired) electrons. The third-order valence-corrected chi connectivity index (χ3v) is 11.3. The number of nitrogens with zero attached hydrogens (tertiary/aromatic N) is 3. The number of halogens is 6. The van der Waals surface area contributed by atoms with Crippen LogP contribution in [0.2, 0.25) is 0 Å². The number of sulfonamides is 3. The molecule has 0 aliphatic heterocycles. The van der Waals surface area contributed by atoms with Crippen molar-refractivity contribution in [1.29, 1.82) is 0 Å². The van der Waals surface area contributed by atoms with Crippen LogP contribution in [-0.2, 0) is 30.1 Å². The van der Waals surface area contributed by atoms with E-state index in [0.29, 0.717) is 28.2 Å². The van der Waals surface area contributed by atoms with E-state index in [1.165, 1.54) is 0 Å². The minimum atomic E-state index is -7.06. The Morgan fingerprint density at radius 2 is 0.840 bits per heavy atom. The summed E-state index contributed by atoms with van der Waals surface area (Å²) in [6.45, 7) is 0. The molecule has 0 N–H and O–H groups in total. The van der Waals surface area contributed by atoms with E-state index in [9.17, 15) is 51.6 Å². The molecule has 18 heteroatoms. The summed E-state index contributed by atoms with van der Waals surface area (Å²) in [5.74, 6) is 0. The topological polar surface area (TPSA) is 112 Å². The fraction of sp³-hybridized carbons (Fsp3) is 1.00. The first kappa shape index (κ1) is 24.3. The third kappa shape index (κ3) is 4.73. The summed E-state index contributed by atoms with van der Waals surface area (Å²) < 4.78 is 140. The van der Waals surface area contributed by atoms with Gasteiger partial charge >= 0.3 is 16.5 Å². The monoisotopic (exact) mass is 445 g/mol. The highest BCUT2D eigenvalue weighted by molar-refractivity contribution is 8.22. The average Bonchev–Trinajstić information content (AvgIpc) is 2.20. The van der Waals surface area contributed by atoms with E-state index in [1.54, 1.807) is 0 Å². The van der Waals surface area contributed by atoms with Crippen molar-refractivity contribution >= 4 is 30.1 Å². The van der Waals surface area contributed by atoms with E-state index in [1.807, 2.05) is 0 Å². The molecule has 0 bridgehead atoms. The largest absolute Gasteiger partial charge is 0.480 e. The number of rotatable bonds is 6. The predicted octanol–water partition coefficient (Wildman–Crippen LogP) is -0.276. The van der Waals surface area contributed by atoms with Crippen LogP contribution in [0.4, 0.5) is 26.3 Å². The zero-order valence-corrected chi connectivity index (χ0v) is 15.3. The second-order valence-corrected chi connectivity index (χ2v) is 11.9. The smallest absolute Gasteiger partial charge is 0.210 e. The summed E-state index contributed by atoms with van der Waals surface area (Å²) in [6.07, 6.45) is -13.3. The van der Waals surface area contributed by atoms with Gasteiger partial charge in [-0.15, -0.1) is 0 Å². The second kappa shape index (κ2) is 6.80. The molecule has 0 spiro atoms. The Hall–Kier alpha value is -0.690. The van der Waals surface area contributed by atoms with Crippen LogP contribution in [0.5, 0.6) is 0 Å². The van der Waals surface area contributed by atoms with Gasteiger partial charge in [0, 0.05) is 28.2 Å². The first-order chi connectivity index (χ1) is 10.6. The molecule has 0 saturated heterocycles. The molecule has 9 nitrogen and oxygen atoms in total. The van der Waals surface area contributed by atoms with E-state index >= 15 is 0 Å². The quantitative estimate of drug-likeness (QED) is 0.411. The van der Waals surface area contributed by atoms with Crippen molar-refractivity contribution in [2.24, 2.45) is 0 Å². The van der Waals surface area contributed by atoms with Crippen molar-refractivity contribution < 1.29 is 51.6 Å². The van der Waals surface area contributed by atoms with Crippen LogP contribution < -0.4 is 0 Å². The molecule has 0 aromatic carbocycles. The van der Waals surface area contributed by atoms with Gasteiger partial charge in [-0.05, 0) is 4.31 Å². The molecule has 0 aromatic heterocycles. The molecule has 0 aliphatic carbocycles. The minimum Gasteiger partial charge on any atom is -0.210 e. The lowest BCUT2D eigenvalue weighted by molar-refractivity contribution is -0.333. The van der Waals surface area contributed by atoms with E-state index in [-0.39, 0.29) is 8.61 Å². The lowest BCUT2D eigenvalue weighted by atomic mass is 11.0. The van der Waals surface area contributed by atoms with Gasteiger partial charge in [0.25, 0.3) is 10.0 Å². The van der Waals surface area contributed by atoms with Gasteiger partial charge in [-0.1, -0.05) is 0 Å². The molecule has 0 rings (SSSR count).